The van der Waals surface area contributed by atoms with Crippen molar-refractivity contribution < 1.29 is 4.79 Å². The topological polar surface area (TPSA) is 96.2 Å². The van der Waals surface area contributed by atoms with Crippen LogP contribution in [0.25, 0.3) is 5.69 Å². The van der Waals surface area contributed by atoms with Gasteiger partial charge in [-0.05, 0) is 57.5 Å². The van der Waals surface area contributed by atoms with Crippen LogP contribution < -0.4 is 16.0 Å². The van der Waals surface area contributed by atoms with E-state index in [2.05, 4.69) is 38.2 Å². The number of para-hydroxylation sites is 1. The number of hydrogen-bond donors (Lipinski definition) is 3. The zero-order chi connectivity index (χ0) is 22.9. The van der Waals surface area contributed by atoms with Crippen molar-refractivity contribution in [2.24, 2.45) is 4.99 Å². The molecule has 176 valence electrons. The molecule has 1 aromatic carbocycles. The van der Waals surface area contributed by atoms with Crippen LogP contribution in [0.15, 0.2) is 53.5 Å². The van der Waals surface area contributed by atoms with Crippen molar-refractivity contribution in [2.45, 2.75) is 40.7 Å². The molecule has 0 unspecified atom stereocenters. The molecule has 0 spiro atoms. The molecule has 1 amide bonds. The Morgan fingerprint density at radius 3 is 2.52 bits per heavy atom. The lowest BCUT2D eigenvalue weighted by Gasteiger charge is -2.13. The molecule has 33 heavy (non-hydrogen) atoms. The summed E-state index contributed by atoms with van der Waals surface area (Å²) in [4.78, 5) is 21.2. The van der Waals surface area contributed by atoms with Gasteiger partial charge in [0.25, 0.3) is 0 Å². The van der Waals surface area contributed by atoms with Gasteiger partial charge in [-0.25, -0.2) is 14.7 Å². The number of halogens is 1. The lowest BCUT2D eigenvalue weighted by Crippen LogP contribution is -2.38. The fourth-order valence-corrected chi connectivity index (χ4v) is 3.34. The summed E-state index contributed by atoms with van der Waals surface area (Å²) in [5.41, 5.74) is 5.01. The van der Waals surface area contributed by atoms with Crippen molar-refractivity contribution in [3.05, 3.63) is 71.2 Å². The summed E-state index contributed by atoms with van der Waals surface area (Å²) in [6, 6.07) is 15.7. The van der Waals surface area contributed by atoms with E-state index in [1.54, 1.807) is 6.07 Å². The lowest BCUT2D eigenvalue weighted by molar-refractivity contribution is -0.116. The van der Waals surface area contributed by atoms with Gasteiger partial charge in [0.15, 0.2) is 5.96 Å². The van der Waals surface area contributed by atoms with Gasteiger partial charge in [0.05, 0.1) is 17.9 Å². The van der Waals surface area contributed by atoms with Gasteiger partial charge in [-0.3, -0.25) is 4.79 Å². The molecule has 3 aromatic rings. The summed E-state index contributed by atoms with van der Waals surface area (Å²) >= 11 is 0. The number of rotatable bonds is 8. The van der Waals surface area contributed by atoms with E-state index < -0.39 is 0 Å². The van der Waals surface area contributed by atoms with E-state index in [4.69, 9.17) is 4.99 Å². The molecule has 8 nitrogen and oxygen atoms in total. The third kappa shape index (κ3) is 7.85. The molecule has 0 atom stereocenters. The number of anilines is 1. The second kappa shape index (κ2) is 12.9. The first-order valence-electron chi connectivity index (χ1n) is 10.8. The highest BCUT2D eigenvalue weighted by atomic mass is 127. The van der Waals surface area contributed by atoms with Crippen LogP contribution in [0.5, 0.6) is 0 Å². The van der Waals surface area contributed by atoms with E-state index in [0.29, 0.717) is 31.3 Å². The molecule has 0 aliphatic heterocycles. The average Bonchev–Trinajstić information content (AvgIpc) is 3.10. The van der Waals surface area contributed by atoms with E-state index in [-0.39, 0.29) is 29.9 Å². The van der Waals surface area contributed by atoms with Crippen molar-refractivity contribution in [3.8, 4) is 5.69 Å². The quantitative estimate of drug-likeness (QED) is 0.220. The van der Waals surface area contributed by atoms with E-state index >= 15 is 0 Å². The number of aromatic nitrogens is 3. The van der Waals surface area contributed by atoms with Gasteiger partial charge >= 0.3 is 0 Å². The Labute approximate surface area is 212 Å². The molecule has 2 aromatic heterocycles. The Kier molecular flexibility index (Phi) is 10.3. The van der Waals surface area contributed by atoms with Crippen LogP contribution in [-0.2, 0) is 11.3 Å². The zero-order valence-electron chi connectivity index (χ0n) is 19.6. The molecular formula is C24H32IN7O. The normalized spacial score (nSPS) is 11.0. The van der Waals surface area contributed by atoms with E-state index in [0.717, 1.165) is 34.9 Å². The van der Waals surface area contributed by atoms with Gasteiger partial charge in [0.1, 0.15) is 5.82 Å². The second-order valence-corrected chi connectivity index (χ2v) is 7.55. The Morgan fingerprint density at radius 2 is 1.82 bits per heavy atom. The molecule has 0 fully saturated rings. The highest BCUT2D eigenvalue weighted by Gasteiger charge is 2.09. The number of amides is 1. The van der Waals surface area contributed by atoms with Crippen molar-refractivity contribution in [1.29, 1.82) is 0 Å². The largest absolute Gasteiger partial charge is 0.357 e. The Morgan fingerprint density at radius 1 is 1.03 bits per heavy atom. The zero-order valence-corrected chi connectivity index (χ0v) is 21.9. The summed E-state index contributed by atoms with van der Waals surface area (Å²) < 4.78 is 1.95. The number of carbonyl (C=O) groups is 1. The summed E-state index contributed by atoms with van der Waals surface area (Å²) in [5, 5.41) is 13.9. The van der Waals surface area contributed by atoms with Crippen LogP contribution in [0.2, 0.25) is 0 Å². The number of hydrogen-bond acceptors (Lipinski definition) is 4. The maximum Gasteiger partial charge on any atom is 0.227 e. The first kappa shape index (κ1) is 26.3. The number of nitrogens with zero attached hydrogens (tertiary/aromatic N) is 4. The molecule has 0 saturated heterocycles. The second-order valence-electron chi connectivity index (χ2n) is 7.55. The molecule has 0 aliphatic rings. The number of benzene rings is 1. The van der Waals surface area contributed by atoms with Crippen LogP contribution >= 0.6 is 24.0 Å². The van der Waals surface area contributed by atoms with Crippen LogP contribution in [-0.4, -0.2) is 39.7 Å². The predicted molar refractivity (Wildman–Crippen MR) is 143 cm³/mol. The summed E-state index contributed by atoms with van der Waals surface area (Å²) in [5.74, 6) is 1.13. The lowest BCUT2D eigenvalue weighted by atomic mass is 10.2. The molecule has 2 heterocycles. The van der Waals surface area contributed by atoms with Gasteiger partial charge in [-0.2, -0.15) is 5.10 Å². The van der Waals surface area contributed by atoms with Crippen molar-refractivity contribution >= 4 is 41.7 Å². The summed E-state index contributed by atoms with van der Waals surface area (Å²) in [6.07, 6.45) is 0.308. The number of nitrogens with one attached hydrogen (secondary N) is 3. The number of pyridine rings is 1. The van der Waals surface area contributed by atoms with Crippen LogP contribution in [0.1, 0.15) is 36.0 Å². The molecule has 0 bridgehead atoms. The van der Waals surface area contributed by atoms with Crippen LogP contribution in [0.3, 0.4) is 0 Å². The standard InChI is InChI=1S/C24H31N7O.HI/c1-5-25-24(26-14-13-23(32)29-22-12-8-9-17(2)28-22)27-16-20-10-6-7-11-21(20)31-19(4)15-18(3)30-31;/h6-12,15H,5,13-14,16H2,1-4H3,(H2,25,26,27)(H,28,29,32);1H. The fraction of sp³-hybridized carbons (Fsp3) is 0.333. The highest BCUT2D eigenvalue weighted by molar-refractivity contribution is 14.0. The van der Waals surface area contributed by atoms with E-state index in [1.165, 1.54) is 0 Å². The van der Waals surface area contributed by atoms with Gasteiger partial charge < -0.3 is 16.0 Å². The van der Waals surface area contributed by atoms with Gasteiger partial charge in [-0.1, -0.05) is 24.3 Å². The summed E-state index contributed by atoms with van der Waals surface area (Å²) in [7, 11) is 0. The number of guanidine groups is 1. The SMILES string of the molecule is CCNC(=NCc1ccccc1-n1nc(C)cc1C)NCCC(=O)Nc1cccc(C)n1.I. The Hall–Kier alpha value is -2.95. The smallest absolute Gasteiger partial charge is 0.227 e. The molecule has 0 radical (unpaired) electrons. The third-order valence-corrected chi connectivity index (χ3v) is 4.78. The van der Waals surface area contributed by atoms with E-state index in [9.17, 15) is 4.79 Å². The minimum Gasteiger partial charge on any atom is -0.357 e. The monoisotopic (exact) mass is 561 g/mol. The number of aliphatic imine (C=N–C) groups is 1. The maximum atomic E-state index is 12.2. The first-order chi connectivity index (χ1) is 15.5. The van der Waals surface area contributed by atoms with Crippen LogP contribution in [0, 0.1) is 20.8 Å². The molecule has 0 aliphatic carbocycles. The minimum atomic E-state index is -0.0960. The molecule has 3 rings (SSSR count). The molecular weight excluding hydrogens is 529 g/mol. The third-order valence-electron chi connectivity index (χ3n) is 4.78. The average molecular weight is 561 g/mol. The van der Waals surface area contributed by atoms with Crippen LogP contribution in [0.4, 0.5) is 5.82 Å². The maximum absolute atomic E-state index is 12.2. The highest BCUT2D eigenvalue weighted by Crippen LogP contribution is 2.17. The van der Waals surface area contributed by atoms with Gasteiger partial charge in [-0.15, -0.1) is 24.0 Å². The fourth-order valence-electron chi connectivity index (χ4n) is 3.34. The molecule has 0 saturated carbocycles. The Balaban J connectivity index is 0.00000385. The van der Waals surface area contributed by atoms with Gasteiger partial charge in [0.2, 0.25) is 5.91 Å². The predicted octanol–water partition coefficient (Wildman–Crippen LogP) is 3.89. The van der Waals surface area contributed by atoms with Crippen molar-refractivity contribution in [2.75, 3.05) is 18.4 Å². The van der Waals surface area contributed by atoms with Crippen molar-refractivity contribution in [3.63, 3.8) is 0 Å². The van der Waals surface area contributed by atoms with Crippen molar-refractivity contribution in [1.82, 2.24) is 25.4 Å². The first-order valence-corrected chi connectivity index (χ1v) is 10.8. The van der Waals surface area contributed by atoms with E-state index in [1.807, 2.05) is 62.7 Å². The Bertz CT molecular complexity index is 1090. The van der Waals surface area contributed by atoms with Gasteiger partial charge in [0, 0.05) is 30.9 Å². The number of carbonyl (C=O) groups excluding carboxylic acids is 1. The molecule has 3 N–H and O–H groups in total. The summed E-state index contributed by atoms with van der Waals surface area (Å²) in [6.45, 7) is 9.61. The molecule has 9 heteroatoms. The minimum absolute atomic E-state index is 0. The number of aryl methyl sites for hydroxylation is 3.